The average Bonchev–Trinajstić information content (AvgIpc) is 3.50. The third-order valence-electron chi connectivity index (χ3n) is 12.8. The fourth-order valence-electron chi connectivity index (χ4n) is 9.76. The first-order valence-electron chi connectivity index (χ1n) is 18.5. The van der Waals surface area contributed by atoms with Gasteiger partial charge < -0.3 is 10.2 Å². The van der Waals surface area contributed by atoms with Crippen molar-refractivity contribution in [3.05, 3.63) is 65.2 Å². The van der Waals surface area contributed by atoms with E-state index in [1.165, 1.54) is 73.4 Å². The largest absolute Gasteiger partial charge is 0.392 e. The van der Waals surface area contributed by atoms with Crippen LogP contribution >= 0.6 is 0 Å². The van der Waals surface area contributed by atoms with Gasteiger partial charge in [0, 0.05) is 31.4 Å². The van der Waals surface area contributed by atoms with Crippen molar-refractivity contribution in [3.63, 3.8) is 0 Å². The van der Waals surface area contributed by atoms with E-state index in [2.05, 4.69) is 90.1 Å². The summed E-state index contributed by atoms with van der Waals surface area (Å²) in [7, 11) is 0. The van der Waals surface area contributed by atoms with Crippen LogP contribution in [0.5, 0.6) is 0 Å². The minimum Gasteiger partial charge on any atom is -0.392 e. The summed E-state index contributed by atoms with van der Waals surface area (Å²) in [6.07, 6.45) is 15.9. The number of aliphatic hydroxyl groups is 2. The van der Waals surface area contributed by atoms with Crippen molar-refractivity contribution in [2.75, 3.05) is 0 Å². The van der Waals surface area contributed by atoms with Gasteiger partial charge in [-0.05, 0) is 104 Å². The van der Waals surface area contributed by atoms with Crippen LogP contribution in [-0.4, -0.2) is 27.4 Å². The van der Waals surface area contributed by atoms with E-state index in [9.17, 15) is 10.2 Å². The van der Waals surface area contributed by atoms with Crippen molar-refractivity contribution in [3.8, 4) is 11.3 Å². The second-order valence-corrected chi connectivity index (χ2v) is 15.0. The molecule has 3 aliphatic rings. The Hall–Kier alpha value is -1.58. The van der Waals surface area contributed by atoms with Gasteiger partial charge in [0.1, 0.15) is 0 Å². The molecule has 3 aromatic rings. The Morgan fingerprint density at radius 3 is 1.89 bits per heavy atom. The number of rotatable bonds is 6. The Balaban J connectivity index is 0.000000205. The molecule has 0 amide bonds. The van der Waals surface area contributed by atoms with Gasteiger partial charge in [-0.25, -0.2) is 0 Å². The topological polar surface area (TPSA) is 53.4 Å². The number of aliphatic hydroxyl groups excluding tert-OH is 2. The zero-order valence-electron chi connectivity index (χ0n) is 29.5. The van der Waals surface area contributed by atoms with E-state index in [0.29, 0.717) is 5.92 Å². The molecule has 3 aliphatic carbocycles. The van der Waals surface area contributed by atoms with Crippen LogP contribution in [0.2, 0.25) is 0 Å². The van der Waals surface area contributed by atoms with Crippen molar-refractivity contribution in [2.24, 2.45) is 22.7 Å². The van der Waals surface area contributed by atoms with Crippen LogP contribution < -0.4 is 0 Å². The molecule has 3 fully saturated rings. The van der Waals surface area contributed by atoms with Crippen LogP contribution in [0.15, 0.2) is 42.5 Å². The van der Waals surface area contributed by atoms with Gasteiger partial charge in [-0.15, -0.1) is 34.9 Å². The van der Waals surface area contributed by atoms with Crippen LogP contribution in [0.1, 0.15) is 140 Å². The molecule has 255 valence electrons. The average molecular weight is 803 g/mol. The van der Waals surface area contributed by atoms with Gasteiger partial charge in [0.2, 0.25) is 0 Å². The second-order valence-electron chi connectivity index (χ2n) is 15.0. The molecule has 2 aromatic carbocycles. The molecule has 6 rings (SSSR count). The normalized spacial score (nSPS) is 25.8. The maximum absolute atomic E-state index is 11.4. The van der Waals surface area contributed by atoms with Crippen molar-refractivity contribution >= 4 is 10.9 Å². The predicted molar refractivity (Wildman–Crippen MR) is 189 cm³/mol. The molecule has 3 nitrogen and oxygen atoms in total. The third-order valence-corrected chi connectivity index (χ3v) is 12.8. The van der Waals surface area contributed by atoms with Crippen molar-refractivity contribution in [2.45, 2.75) is 150 Å². The van der Waals surface area contributed by atoms with Crippen LogP contribution in [0.25, 0.3) is 22.2 Å². The smallest absolute Gasteiger partial charge is 0.0651 e. The number of hydrogen-bond acceptors (Lipinski definition) is 3. The van der Waals surface area contributed by atoms with Crippen molar-refractivity contribution < 1.29 is 30.3 Å². The maximum Gasteiger partial charge on any atom is 0.0651 e. The van der Waals surface area contributed by atoms with Crippen LogP contribution in [0, 0.1) is 42.6 Å². The molecule has 4 heteroatoms. The first-order chi connectivity index (χ1) is 21.7. The molecule has 46 heavy (non-hydrogen) atoms. The number of pyridine rings is 1. The van der Waals surface area contributed by atoms with E-state index < -0.39 is 0 Å². The third kappa shape index (κ3) is 7.51. The number of hydrogen-bond donors (Lipinski definition) is 2. The SMILES string of the molecule is CCC1(CC)CCCC2CCCC(CC)(CC)C(O)C2C1O.Cc1[c-]c(-c2ccc3c(C4CCCC4)cccc3n2)cc(C)c1.[Ir]. The summed E-state index contributed by atoms with van der Waals surface area (Å²) >= 11 is 0. The predicted octanol–water partition coefficient (Wildman–Crippen LogP) is 10.9. The van der Waals surface area contributed by atoms with Crippen molar-refractivity contribution in [1.29, 1.82) is 0 Å². The molecule has 1 aromatic heterocycles. The Bertz CT molecular complexity index is 1350. The van der Waals surface area contributed by atoms with Crippen LogP contribution in [-0.2, 0) is 20.1 Å². The molecule has 1 radical (unpaired) electrons. The molecule has 3 saturated carbocycles. The van der Waals surface area contributed by atoms with Gasteiger partial charge in [-0.2, -0.15) is 0 Å². The number of aryl methyl sites for hydroxylation is 2. The fraction of sp³-hybridized carbons (Fsp3) is 0.643. The zero-order valence-corrected chi connectivity index (χ0v) is 31.9. The van der Waals surface area contributed by atoms with Gasteiger partial charge in [0.05, 0.1) is 17.7 Å². The Labute approximate surface area is 293 Å². The van der Waals surface area contributed by atoms with E-state index >= 15 is 0 Å². The summed E-state index contributed by atoms with van der Waals surface area (Å²) in [6.45, 7) is 13.1. The summed E-state index contributed by atoms with van der Waals surface area (Å²) < 4.78 is 0. The first kappa shape index (κ1) is 37.2. The summed E-state index contributed by atoms with van der Waals surface area (Å²) in [5, 5.41) is 24.0. The summed E-state index contributed by atoms with van der Waals surface area (Å²) in [6, 6.07) is 18.8. The van der Waals surface area contributed by atoms with E-state index in [1.54, 1.807) is 0 Å². The van der Waals surface area contributed by atoms with Gasteiger partial charge >= 0.3 is 0 Å². The molecule has 0 spiro atoms. The minimum atomic E-state index is -0.333. The zero-order chi connectivity index (χ0) is 32.2. The molecular formula is C42H60IrNO2-. The monoisotopic (exact) mass is 803 g/mol. The molecule has 0 bridgehead atoms. The van der Waals surface area contributed by atoms with E-state index in [1.807, 2.05) is 0 Å². The van der Waals surface area contributed by atoms with Gasteiger partial charge in [0.25, 0.3) is 0 Å². The second kappa shape index (κ2) is 16.2. The molecule has 0 saturated heterocycles. The Morgan fingerprint density at radius 2 is 1.35 bits per heavy atom. The van der Waals surface area contributed by atoms with Gasteiger partial charge in [0.15, 0.2) is 0 Å². The van der Waals surface area contributed by atoms with E-state index in [-0.39, 0.29) is 49.1 Å². The van der Waals surface area contributed by atoms with Gasteiger partial charge in [-0.3, -0.25) is 4.98 Å². The Kier molecular flexibility index (Phi) is 13.1. The number of aromatic nitrogens is 1. The minimum absolute atomic E-state index is 0. The maximum atomic E-state index is 11.4. The molecule has 2 unspecified atom stereocenters. The number of benzene rings is 2. The fourth-order valence-corrected chi connectivity index (χ4v) is 9.76. The van der Waals surface area contributed by atoms with Gasteiger partial charge in [-0.1, -0.05) is 91.5 Å². The summed E-state index contributed by atoms with van der Waals surface area (Å²) in [5.41, 5.74) is 7.20. The van der Waals surface area contributed by atoms with Crippen LogP contribution in [0.4, 0.5) is 0 Å². The summed E-state index contributed by atoms with van der Waals surface area (Å²) in [4.78, 5) is 4.93. The van der Waals surface area contributed by atoms with Crippen LogP contribution in [0.3, 0.4) is 0 Å². The molecule has 2 N–H and O–H groups in total. The molecule has 2 atom stereocenters. The number of fused-ring (bicyclic) bond motifs is 2. The first-order valence-corrected chi connectivity index (χ1v) is 18.5. The van der Waals surface area contributed by atoms with E-state index in [4.69, 9.17) is 4.98 Å². The quantitative estimate of drug-likeness (QED) is 0.244. The Morgan fingerprint density at radius 1 is 0.761 bits per heavy atom. The molecule has 1 heterocycles. The standard InChI is InChI=1S/C22H22N.C20H38O2.Ir/c1-15-12-16(2)14-18(13-15)21-11-10-20-19(17-6-3-4-7-17)8-5-9-22(20)23-21;1-5-19(6-2)13-9-11-15-12-10-14-20(7-3,8-4)18(22)16(15)17(19)21;/h5,8-13,17H,3-4,6-7H2,1-2H3;15-18,21-22H,5-14H2,1-4H3;/q-1;;. The number of nitrogens with zero attached hydrogens (tertiary/aromatic N) is 1. The van der Waals surface area contributed by atoms with E-state index in [0.717, 1.165) is 61.2 Å². The molecular weight excluding hydrogens is 743 g/mol. The van der Waals surface area contributed by atoms with Crippen molar-refractivity contribution in [1.82, 2.24) is 4.98 Å². The molecule has 0 aliphatic heterocycles. The summed E-state index contributed by atoms with van der Waals surface area (Å²) in [5.74, 6) is 1.33.